The van der Waals surface area contributed by atoms with Crippen LogP contribution in [0.3, 0.4) is 0 Å². The summed E-state index contributed by atoms with van der Waals surface area (Å²) in [5.74, 6) is 0.968. The zero-order valence-electron chi connectivity index (χ0n) is 9.91. The molecular formula is C13H24N2. The molecule has 0 aliphatic carbocycles. The topological polar surface area (TPSA) is 15.3 Å². The Morgan fingerprint density at radius 3 is 2.87 bits per heavy atom. The van der Waals surface area contributed by atoms with E-state index < -0.39 is 0 Å². The highest BCUT2D eigenvalue weighted by Crippen LogP contribution is 2.35. The fourth-order valence-corrected chi connectivity index (χ4v) is 4.04. The van der Waals surface area contributed by atoms with Gasteiger partial charge in [0, 0.05) is 24.7 Å². The molecule has 0 amide bonds. The zero-order valence-corrected chi connectivity index (χ0v) is 9.91. The molecule has 3 heterocycles. The van der Waals surface area contributed by atoms with E-state index in [9.17, 15) is 0 Å². The van der Waals surface area contributed by atoms with Crippen LogP contribution in [0.25, 0.3) is 0 Å². The summed E-state index contributed by atoms with van der Waals surface area (Å²) in [6, 6.07) is 2.65. The summed E-state index contributed by atoms with van der Waals surface area (Å²) in [5.41, 5.74) is 0. The number of nitrogens with one attached hydrogen (secondary N) is 1. The lowest BCUT2D eigenvalue weighted by molar-refractivity contribution is 0.193. The third-order valence-electron chi connectivity index (χ3n) is 4.87. The smallest absolute Gasteiger partial charge is 0.0111 e. The fourth-order valence-electron chi connectivity index (χ4n) is 4.04. The molecule has 2 heteroatoms. The molecule has 0 spiro atoms. The van der Waals surface area contributed by atoms with Gasteiger partial charge in [0.2, 0.25) is 0 Å². The number of likely N-dealkylation sites (tertiary alicyclic amines) is 1. The number of rotatable bonds is 3. The van der Waals surface area contributed by atoms with Crippen molar-refractivity contribution in [3.8, 4) is 0 Å². The first kappa shape index (κ1) is 10.1. The van der Waals surface area contributed by atoms with Crippen molar-refractivity contribution in [1.29, 1.82) is 0 Å². The molecular weight excluding hydrogens is 184 g/mol. The van der Waals surface area contributed by atoms with E-state index in [4.69, 9.17) is 0 Å². The molecule has 15 heavy (non-hydrogen) atoms. The zero-order chi connectivity index (χ0) is 10.3. The largest absolute Gasteiger partial charge is 0.311 e. The van der Waals surface area contributed by atoms with Crippen LogP contribution >= 0.6 is 0 Å². The van der Waals surface area contributed by atoms with Crippen molar-refractivity contribution < 1.29 is 0 Å². The molecule has 0 aromatic rings. The van der Waals surface area contributed by atoms with Crippen molar-refractivity contribution in [3.63, 3.8) is 0 Å². The molecule has 0 aromatic heterocycles. The minimum Gasteiger partial charge on any atom is -0.311 e. The number of fused-ring (bicyclic) bond motifs is 2. The normalized spacial score (nSPS) is 45.4. The molecule has 4 unspecified atom stereocenters. The van der Waals surface area contributed by atoms with E-state index >= 15 is 0 Å². The van der Waals surface area contributed by atoms with Gasteiger partial charge in [0.15, 0.2) is 0 Å². The Balaban J connectivity index is 1.56. The van der Waals surface area contributed by atoms with Gasteiger partial charge in [-0.2, -0.15) is 0 Å². The van der Waals surface area contributed by atoms with E-state index in [0.717, 1.165) is 24.0 Å². The van der Waals surface area contributed by atoms with Gasteiger partial charge in [0.25, 0.3) is 0 Å². The second-order valence-electron chi connectivity index (χ2n) is 5.74. The maximum absolute atomic E-state index is 3.76. The first-order chi connectivity index (χ1) is 7.36. The van der Waals surface area contributed by atoms with Crippen LogP contribution in [0.4, 0.5) is 0 Å². The summed E-state index contributed by atoms with van der Waals surface area (Å²) in [6.45, 7) is 5.10. The maximum Gasteiger partial charge on any atom is 0.0111 e. The van der Waals surface area contributed by atoms with Crippen molar-refractivity contribution in [2.45, 2.75) is 63.6 Å². The van der Waals surface area contributed by atoms with Crippen LogP contribution in [0.15, 0.2) is 0 Å². The lowest BCUT2D eigenvalue weighted by Gasteiger charge is -2.29. The van der Waals surface area contributed by atoms with Crippen LogP contribution in [0, 0.1) is 5.92 Å². The van der Waals surface area contributed by atoms with Crippen LogP contribution in [-0.2, 0) is 0 Å². The summed E-state index contributed by atoms with van der Waals surface area (Å²) in [7, 11) is 0. The van der Waals surface area contributed by atoms with E-state index in [1.54, 1.807) is 0 Å². The highest BCUT2D eigenvalue weighted by Gasteiger charge is 2.40. The SMILES string of the molecule is CCC1CCCN1CC1CC2CCC1N2. The van der Waals surface area contributed by atoms with Gasteiger partial charge in [-0.1, -0.05) is 6.92 Å². The Morgan fingerprint density at radius 2 is 2.20 bits per heavy atom. The first-order valence-electron chi connectivity index (χ1n) is 6.87. The fraction of sp³-hybridized carbons (Fsp3) is 1.00. The van der Waals surface area contributed by atoms with E-state index in [1.165, 1.54) is 51.6 Å². The van der Waals surface area contributed by atoms with Crippen molar-refractivity contribution in [2.24, 2.45) is 5.92 Å². The molecule has 3 saturated heterocycles. The highest BCUT2D eigenvalue weighted by atomic mass is 15.2. The number of hydrogen-bond donors (Lipinski definition) is 1. The molecule has 86 valence electrons. The van der Waals surface area contributed by atoms with Gasteiger partial charge in [0.1, 0.15) is 0 Å². The standard InChI is InChI=1S/C13H24N2/c1-2-12-4-3-7-15(12)9-10-8-11-5-6-13(10)14-11/h10-14H,2-9H2,1H3. The van der Waals surface area contributed by atoms with Crippen molar-refractivity contribution in [3.05, 3.63) is 0 Å². The summed E-state index contributed by atoms with van der Waals surface area (Å²) in [4.78, 5) is 2.77. The summed E-state index contributed by atoms with van der Waals surface area (Å²) in [6.07, 6.45) is 8.58. The van der Waals surface area contributed by atoms with Gasteiger partial charge in [-0.15, -0.1) is 0 Å². The van der Waals surface area contributed by atoms with Crippen molar-refractivity contribution >= 4 is 0 Å². The van der Waals surface area contributed by atoms with E-state index in [2.05, 4.69) is 17.1 Å². The lowest BCUT2D eigenvalue weighted by atomic mass is 9.88. The predicted octanol–water partition coefficient (Wildman–Crippen LogP) is 2.00. The Kier molecular flexibility index (Phi) is 2.73. The highest BCUT2D eigenvalue weighted by molar-refractivity contribution is 4.99. The van der Waals surface area contributed by atoms with E-state index in [-0.39, 0.29) is 0 Å². The second kappa shape index (κ2) is 4.06. The molecule has 3 aliphatic rings. The Labute approximate surface area is 93.4 Å². The van der Waals surface area contributed by atoms with Crippen molar-refractivity contribution in [2.75, 3.05) is 13.1 Å². The molecule has 3 rings (SSSR count). The Bertz CT molecular complexity index is 225. The predicted molar refractivity (Wildman–Crippen MR) is 62.9 cm³/mol. The van der Waals surface area contributed by atoms with Gasteiger partial charge in [0.05, 0.1) is 0 Å². The second-order valence-corrected chi connectivity index (χ2v) is 5.74. The molecule has 3 aliphatic heterocycles. The van der Waals surface area contributed by atoms with Gasteiger partial charge >= 0.3 is 0 Å². The van der Waals surface area contributed by atoms with E-state index in [1.807, 2.05) is 0 Å². The molecule has 0 aromatic carbocycles. The average Bonchev–Trinajstić information content (AvgIpc) is 2.92. The van der Waals surface area contributed by atoms with Gasteiger partial charge in [-0.3, -0.25) is 0 Å². The maximum atomic E-state index is 3.76. The van der Waals surface area contributed by atoms with Crippen molar-refractivity contribution in [1.82, 2.24) is 10.2 Å². The average molecular weight is 208 g/mol. The molecule has 4 atom stereocenters. The quantitative estimate of drug-likeness (QED) is 0.763. The van der Waals surface area contributed by atoms with Gasteiger partial charge in [-0.05, 0) is 51.0 Å². The summed E-state index contributed by atoms with van der Waals surface area (Å²) < 4.78 is 0. The monoisotopic (exact) mass is 208 g/mol. The molecule has 2 nitrogen and oxygen atoms in total. The Hall–Kier alpha value is -0.0800. The lowest BCUT2D eigenvalue weighted by Crippen LogP contribution is -2.37. The number of hydrogen-bond acceptors (Lipinski definition) is 2. The van der Waals surface area contributed by atoms with Gasteiger partial charge < -0.3 is 10.2 Å². The molecule has 1 N–H and O–H groups in total. The van der Waals surface area contributed by atoms with Crippen LogP contribution in [0.5, 0.6) is 0 Å². The first-order valence-corrected chi connectivity index (χ1v) is 6.87. The van der Waals surface area contributed by atoms with Crippen LogP contribution in [0.2, 0.25) is 0 Å². The summed E-state index contributed by atoms with van der Waals surface area (Å²) in [5, 5.41) is 3.76. The van der Waals surface area contributed by atoms with Crippen LogP contribution < -0.4 is 5.32 Å². The van der Waals surface area contributed by atoms with Crippen LogP contribution in [-0.4, -0.2) is 36.1 Å². The number of nitrogens with zero attached hydrogens (tertiary/aromatic N) is 1. The molecule has 3 fully saturated rings. The minimum atomic E-state index is 0.869. The molecule has 2 bridgehead atoms. The third kappa shape index (κ3) is 1.83. The minimum absolute atomic E-state index is 0.869. The van der Waals surface area contributed by atoms with Gasteiger partial charge in [-0.25, -0.2) is 0 Å². The van der Waals surface area contributed by atoms with E-state index in [0.29, 0.717) is 0 Å². The molecule has 0 radical (unpaired) electrons. The van der Waals surface area contributed by atoms with Crippen LogP contribution in [0.1, 0.15) is 45.4 Å². The molecule has 0 saturated carbocycles. The summed E-state index contributed by atoms with van der Waals surface area (Å²) >= 11 is 0. The third-order valence-corrected chi connectivity index (χ3v) is 4.87. The Morgan fingerprint density at radius 1 is 1.27 bits per heavy atom.